The molecule has 0 bridgehead atoms. The number of nitrogens with one attached hydrogen (secondary N) is 1. The van der Waals surface area contributed by atoms with E-state index >= 15 is 0 Å². The van der Waals surface area contributed by atoms with Gasteiger partial charge in [-0.25, -0.2) is 4.39 Å². The summed E-state index contributed by atoms with van der Waals surface area (Å²) in [5.41, 5.74) is -0.489. The third kappa shape index (κ3) is 2.09. The molecule has 1 aliphatic heterocycles. The highest BCUT2D eigenvalue weighted by Crippen LogP contribution is 2.34. The maximum absolute atomic E-state index is 14.0. The number of hydrogen-bond donors (Lipinski definition) is 1. The van der Waals surface area contributed by atoms with Crippen LogP contribution in [0.15, 0.2) is 22.7 Å². The van der Waals surface area contributed by atoms with Gasteiger partial charge in [-0.15, -0.1) is 0 Å². The molecule has 1 saturated heterocycles. The number of rotatable bonds is 2. The van der Waals surface area contributed by atoms with E-state index in [1.54, 1.807) is 12.1 Å². The highest BCUT2D eigenvalue weighted by Gasteiger charge is 2.45. The third-order valence-electron chi connectivity index (χ3n) is 3.18. The van der Waals surface area contributed by atoms with Crippen LogP contribution in [0.5, 0.6) is 0 Å². The van der Waals surface area contributed by atoms with Crippen molar-refractivity contribution in [3.8, 4) is 0 Å². The Bertz CT molecular complexity index is 444. The smallest absolute Gasteiger partial charge is 0.317 e. The Hall–Kier alpha value is -0.940. The average molecular weight is 302 g/mol. The molecule has 3 nitrogen and oxygen atoms in total. The maximum atomic E-state index is 14.0. The number of esters is 1. The molecule has 1 aliphatic rings. The zero-order chi connectivity index (χ0) is 12.5. The Morgan fingerprint density at radius 2 is 2.35 bits per heavy atom. The van der Waals surface area contributed by atoms with Crippen LogP contribution in [0.25, 0.3) is 0 Å². The second-order valence-electron chi connectivity index (χ2n) is 4.12. The van der Waals surface area contributed by atoms with Crippen molar-refractivity contribution in [2.45, 2.75) is 11.8 Å². The summed E-state index contributed by atoms with van der Waals surface area (Å²) in [6.45, 7) is 1.10. The van der Waals surface area contributed by atoms with Gasteiger partial charge in [-0.3, -0.25) is 4.79 Å². The maximum Gasteiger partial charge on any atom is 0.317 e. The van der Waals surface area contributed by atoms with E-state index in [1.807, 2.05) is 0 Å². The van der Waals surface area contributed by atoms with Gasteiger partial charge in [-0.05, 0) is 25.1 Å². The van der Waals surface area contributed by atoms with Gasteiger partial charge in [0.25, 0.3) is 0 Å². The fourth-order valence-electron chi connectivity index (χ4n) is 2.28. The number of carbonyl (C=O) groups excluding carboxylic acids is 1. The first-order valence-corrected chi connectivity index (χ1v) is 6.14. The Morgan fingerprint density at radius 3 is 2.88 bits per heavy atom. The number of hydrogen-bond acceptors (Lipinski definition) is 3. The fraction of sp³-hybridized carbons (Fsp3) is 0.417. The molecule has 1 N–H and O–H groups in total. The number of halogens is 2. The minimum atomic E-state index is -0.889. The van der Waals surface area contributed by atoms with Crippen LogP contribution in [0.1, 0.15) is 12.0 Å². The molecule has 5 heteroatoms. The first kappa shape index (κ1) is 12.5. The Morgan fingerprint density at radius 1 is 1.59 bits per heavy atom. The minimum Gasteiger partial charge on any atom is -0.468 e. The molecule has 92 valence electrons. The Labute approximate surface area is 107 Å². The molecular weight excluding hydrogens is 289 g/mol. The monoisotopic (exact) mass is 301 g/mol. The van der Waals surface area contributed by atoms with Crippen LogP contribution in [0.3, 0.4) is 0 Å². The first-order valence-electron chi connectivity index (χ1n) is 5.35. The predicted octanol–water partition coefficient (Wildman–Crippen LogP) is 1.99. The molecule has 1 aromatic rings. The van der Waals surface area contributed by atoms with Crippen molar-refractivity contribution in [1.82, 2.24) is 5.32 Å². The molecule has 1 fully saturated rings. The fourth-order valence-corrected chi connectivity index (χ4v) is 2.61. The van der Waals surface area contributed by atoms with Crippen molar-refractivity contribution in [1.29, 1.82) is 0 Å². The summed E-state index contributed by atoms with van der Waals surface area (Å²) in [5.74, 6) is -0.766. The molecule has 1 atom stereocenters. The lowest BCUT2D eigenvalue weighted by atomic mass is 9.79. The van der Waals surface area contributed by atoms with Gasteiger partial charge >= 0.3 is 5.97 Å². The summed E-state index contributed by atoms with van der Waals surface area (Å²) in [6.07, 6.45) is 0.554. The van der Waals surface area contributed by atoms with Gasteiger partial charge in [0.05, 0.1) is 7.11 Å². The van der Waals surface area contributed by atoms with Gasteiger partial charge in [0.1, 0.15) is 11.2 Å². The van der Waals surface area contributed by atoms with E-state index in [4.69, 9.17) is 4.74 Å². The zero-order valence-electron chi connectivity index (χ0n) is 9.43. The van der Waals surface area contributed by atoms with E-state index in [9.17, 15) is 9.18 Å². The standard InChI is InChI=1S/C12H13BrFNO2/c1-17-11(16)12(4-5-15-7-12)9-3-2-8(13)6-10(9)14/h2-3,6,15H,4-5,7H2,1H3. The van der Waals surface area contributed by atoms with Gasteiger partial charge in [0.15, 0.2) is 0 Å². The summed E-state index contributed by atoms with van der Waals surface area (Å²) >= 11 is 3.20. The summed E-state index contributed by atoms with van der Waals surface area (Å²) in [6, 6.07) is 4.75. The van der Waals surface area contributed by atoms with Crippen LogP contribution in [0, 0.1) is 5.82 Å². The molecule has 1 heterocycles. The molecular formula is C12H13BrFNO2. The van der Waals surface area contributed by atoms with Gasteiger partial charge in [0.2, 0.25) is 0 Å². The van der Waals surface area contributed by atoms with E-state index in [2.05, 4.69) is 21.2 Å². The molecule has 0 aromatic heterocycles. The molecule has 0 spiro atoms. The van der Waals surface area contributed by atoms with E-state index in [0.717, 1.165) is 0 Å². The van der Waals surface area contributed by atoms with Crippen molar-refractivity contribution >= 4 is 21.9 Å². The normalized spacial score (nSPS) is 23.7. The van der Waals surface area contributed by atoms with Crippen LogP contribution in [0.4, 0.5) is 4.39 Å². The molecule has 1 aromatic carbocycles. The number of ether oxygens (including phenoxy) is 1. The van der Waals surface area contributed by atoms with Crippen molar-refractivity contribution in [3.05, 3.63) is 34.1 Å². The quantitative estimate of drug-likeness (QED) is 0.849. The van der Waals surface area contributed by atoms with Gasteiger partial charge in [-0.2, -0.15) is 0 Å². The number of methoxy groups -OCH3 is 1. The lowest BCUT2D eigenvalue weighted by Crippen LogP contribution is -2.39. The summed E-state index contributed by atoms with van der Waals surface area (Å²) in [4.78, 5) is 11.9. The Kier molecular flexibility index (Phi) is 3.49. The van der Waals surface area contributed by atoms with Crippen LogP contribution < -0.4 is 5.32 Å². The van der Waals surface area contributed by atoms with Crippen molar-refractivity contribution < 1.29 is 13.9 Å². The van der Waals surface area contributed by atoms with Gasteiger partial charge < -0.3 is 10.1 Å². The molecule has 17 heavy (non-hydrogen) atoms. The highest BCUT2D eigenvalue weighted by molar-refractivity contribution is 9.10. The lowest BCUT2D eigenvalue weighted by molar-refractivity contribution is -0.147. The summed E-state index contributed by atoms with van der Waals surface area (Å²) in [5, 5.41) is 3.09. The molecule has 0 aliphatic carbocycles. The molecule has 0 saturated carbocycles. The average Bonchev–Trinajstić information content (AvgIpc) is 2.78. The third-order valence-corrected chi connectivity index (χ3v) is 3.67. The second-order valence-corrected chi connectivity index (χ2v) is 5.04. The van der Waals surface area contributed by atoms with Crippen molar-refractivity contribution in [2.24, 2.45) is 0 Å². The van der Waals surface area contributed by atoms with Crippen LogP contribution in [-0.2, 0) is 14.9 Å². The topological polar surface area (TPSA) is 38.3 Å². The van der Waals surface area contributed by atoms with E-state index in [-0.39, 0.29) is 11.8 Å². The highest BCUT2D eigenvalue weighted by atomic mass is 79.9. The number of benzene rings is 1. The summed E-state index contributed by atoms with van der Waals surface area (Å²) < 4.78 is 19.5. The minimum absolute atomic E-state index is 0.381. The van der Waals surface area contributed by atoms with Gasteiger partial charge in [0, 0.05) is 16.6 Å². The molecule has 0 amide bonds. The Balaban J connectivity index is 2.49. The second kappa shape index (κ2) is 4.74. The molecule has 1 unspecified atom stereocenters. The van der Waals surface area contributed by atoms with E-state index < -0.39 is 5.41 Å². The largest absolute Gasteiger partial charge is 0.468 e. The van der Waals surface area contributed by atoms with Gasteiger partial charge in [-0.1, -0.05) is 22.0 Å². The molecule has 0 radical (unpaired) electrons. The van der Waals surface area contributed by atoms with Crippen molar-refractivity contribution in [3.63, 3.8) is 0 Å². The van der Waals surface area contributed by atoms with Crippen LogP contribution in [0.2, 0.25) is 0 Å². The SMILES string of the molecule is COC(=O)C1(c2ccc(Br)cc2F)CCNC1. The van der Waals surface area contributed by atoms with Crippen LogP contribution in [-0.4, -0.2) is 26.2 Å². The van der Waals surface area contributed by atoms with E-state index in [1.165, 1.54) is 13.2 Å². The van der Waals surface area contributed by atoms with Crippen LogP contribution >= 0.6 is 15.9 Å². The van der Waals surface area contributed by atoms with E-state index in [0.29, 0.717) is 29.5 Å². The van der Waals surface area contributed by atoms with Crippen molar-refractivity contribution in [2.75, 3.05) is 20.2 Å². The first-order chi connectivity index (χ1) is 8.10. The molecule has 2 rings (SSSR count). The predicted molar refractivity (Wildman–Crippen MR) is 65.3 cm³/mol. The zero-order valence-corrected chi connectivity index (χ0v) is 11.0. The lowest BCUT2D eigenvalue weighted by Gasteiger charge is -2.26. The summed E-state index contributed by atoms with van der Waals surface area (Å²) in [7, 11) is 1.33. The number of carbonyl (C=O) groups is 1.